The molecule has 2 heterocycles. The van der Waals surface area contributed by atoms with Gasteiger partial charge in [-0.05, 0) is 26.0 Å². The van der Waals surface area contributed by atoms with E-state index in [0.29, 0.717) is 38.8 Å². The molecule has 0 radical (unpaired) electrons. The van der Waals surface area contributed by atoms with Gasteiger partial charge in [0.1, 0.15) is 0 Å². The molecule has 1 N–H and O–H groups in total. The van der Waals surface area contributed by atoms with Crippen LogP contribution in [0.1, 0.15) is 25.7 Å². The summed E-state index contributed by atoms with van der Waals surface area (Å²) in [6.45, 7) is 4.15. The van der Waals surface area contributed by atoms with Gasteiger partial charge in [-0.2, -0.15) is 5.10 Å². The molecule has 24 heavy (non-hydrogen) atoms. The number of likely N-dealkylation sites (N-methyl/N-ethyl adjacent to an activating group) is 1. The van der Waals surface area contributed by atoms with E-state index in [1.807, 2.05) is 21.8 Å². The minimum Gasteiger partial charge on any atom is -0.373 e. The summed E-state index contributed by atoms with van der Waals surface area (Å²) >= 11 is 0. The molecule has 1 aromatic heterocycles. The number of ether oxygens (including phenoxy) is 1. The van der Waals surface area contributed by atoms with Crippen molar-refractivity contribution in [3.8, 4) is 0 Å². The quantitative estimate of drug-likeness (QED) is 0.848. The van der Waals surface area contributed by atoms with E-state index in [4.69, 9.17) is 4.74 Å². The van der Waals surface area contributed by atoms with E-state index in [0.717, 1.165) is 6.54 Å². The van der Waals surface area contributed by atoms with Crippen LogP contribution in [0.3, 0.4) is 0 Å². The Kier molecular flexibility index (Phi) is 6.09. The van der Waals surface area contributed by atoms with Crippen LogP contribution in [-0.2, 0) is 11.3 Å². The molecule has 1 aromatic rings. The summed E-state index contributed by atoms with van der Waals surface area (Å²) in [6, 6.07) is 2.61. The average molecular weight is 335 g/mol. The highest BCUT2D eigenvalue weighted by atomic mass is 16.5. The largest absolute Gasteiger partial charge is 0.373 e. The third-order valence-corrected chi connectivity index (χ3v) is 5.06. The van der Waals surface area contributed by atoms with Crippen LogP contribution in [0.2, 0.25) is 0 Å². The molecule has 0 spiro atoms. The van der Waals surface area contributed by atoms with Crippen molar-refractivity contribution in [2.45, 2.75) is 44.4 Å². The minimum absolute atomic E-state index is 0.00515. The Hall–Kier alpha value is -1.60. The molecule has 0 bridgehead atoms. The molecule has 3 rings (SSSR count). The maximum atomic E-state index is 12.4. The predicted molar refractivity (Wildman–Crippen MR) is 91.8 cm³/mol. The molecule has 0 aromatic carbocycles. The van der Waals surface area contributed by atoms with Gasteiger partial charge in [0, 0.05) is 38.1 Å². The maximum Gasteiger partial charge on any atom is 0.317 e. The van der Waals surface area contributed by atoms with Gasteiger partial charge >= 0.3 is 6.03 Å². The van der Waals surface area contributed by atoms with Crippen molar-refractivity contribution >= 4 is 6.03 Å². The minimum atomic E-state index is 0.00515. The topological polar surface area (TPSA) is 62.6 Å². The molecule has 1 atom stereocenters. The standard InChI is InChI=1S/C17H29N5O2/c1-20(15-5-2-3-6-15)10-8-18-17(23)21-11-12-24-16(13-21)14-22-9-4-7-19-22/h4,7,9,15-16H,2-3,5-6,8,10-14H2,1H3,(H,18,23)/t16-/m1/s1. The summed E-state index contributed by atoms with van der Waals surface area (Å²) in [7, 11) is 2.16. The second-order valence-electron chi connectivity index (χ2n) is 6.82. The van der Waals surface area contributed by atoms with Crippen LogP contribution in [0.4, 0.5) is 4.79 Å². The lowest BCUT2D eigenvalue weighted by Crippen LogP contribution is -2.51. The van der Waals surface area contributed by atoms with Crippen LogP contribution < -0.4 is 5.32 Å². The molecule has 2 amide bonds. The lowest BCUT2D eigenvalue weighted by Gasteiger charge is -2.33. The van der Waals surface area contributed by atoms with E-state index in [1.54, 1.807) is 6.20 Å². The van der Waals surface area contributed by atoms with Crippen molar-refractivity contribution < 1.29 is 9.53 Å². The highest BCUT2D eigenvalue weighted by Gasteiger charge is 2.25. The van der Waals surface area contributed by atoms with Gasteiger partial charge in [0.25, 0.3) is 0 Å². The van der Waals surface area contributed by atoms with E-state index in [9.17, 15) is 4.79 Å². The third kappa shape index (κ3) is 4.70. The number of amides is 2. The number of hydrogen-bond donors (Lipinski definition) is 1. The first-order valence-corrected chi connectivity index (χ1v) is 9.04. The first-order chi connectivity index (χ1) is 11.7. The molecule has 1 saturated carbocycles. The van der Waals surface area contributed by atoms with Crippen molar-refractivity contribution in [2.24, 2.45) is 0 Å². The van der Waals surface area contributed by atoms with E-state index in [-0.39, 0.29) is 12.1 Å². The Morgan fingerprint density at radius 3 is 3.00 bits per heavy atom. The SMILES string of the molecule is CN(CCNC(=O)N1CCO[C@@H](Cn2cccn2)C1)C1CCCC1. The smallest absolute Gasteiger partial charge is 0.317 e. The lowest BCUT2D eigenvalue weighted by atomic mass is 10.2. The highest BCUT2D eigenvalue weighted by Crippen LogP contribution is 2.21. The molecule has 134 valence electrons. The molecule has 7 nitrogen and oxygen atoms in total. The molecular weight excluding hydrogens is 306 g/mol. The summed E-state index contributed by atoms with van der Waals surface area (Å²) in [5, 5.41) is 7.25. The van der Waals surface area contributed by atoms with Gasteiger partial charge in [-0.3, -0.25) is 4.68 Å². The zero-order chi connectivity index (χ0) is 16.8. The van der Waals surface area contributed by atoms with E-state index < -0.39 is 0 Å². The second-order valence-corrected chi connectivity index (χ2v) is 6.82. The van der Waals surface area contributed by atoms with Crippen molar-refractivity contribution in [1.82, 2.24) is 24.9 Å². The molecule has 2 fully saturated rings. The van der Waals surface area contributed by atoms with Gasteiger partial charge in [0.15, 0.2) is 0 Å². The number of nitrogens with one attached hydrogen (secondary N) is 1. The fourth-order valence-electron chi connectivity index (χ4n) is 3.61. The van der Waals surface area contributed by atoms with Crippen LogP contribution in [0.15, 0.2) is 18.5 Å². The van der Waals surface area contributed by atoms with Crippen LogP contribution in [0.5, 0.6) is 0 Å². The van der Waals surface area contributed by atoms with Gasteiger partial charge < -0.3 is 19.9 Å². The fourth-order valence-corrected chi connectivity index (χ4v) is 3.61. The Labute approximate surface area is 143 Å². The number of morpholine rings is 1. The maximum absolute atomic E-state index is 12.4. The monoisotopic (exact) mass is 335 g/mol. The summed E-state index contributed by atoms with van der Waals surface area (Å²) in [5.41, 5.74) is 0. The van der Waals surface area contributed by atoms with Gasteiger partial charge in [0.2, 0.25) is 0 Å². The Balaban J connectivity index is 1.37. The van der Waals surface area contributed by atoms with E-state index in [1.165, 1.54) is 25.7 Å². The van der Waals surface area contributed by atoms with E-state index in [2.05, 4.69) is 22.4 Å². The molecule has 1 saturated heterocycles. The number of carbonyl (C=O) groups excluding carboxylic acids is 1. The van der Waals surface area contributed by atoms with Crippen LogP contribution in [0.25, 0.3) is 0 Å². The van der Waals surface area contributed by atoms with Gasteiger partial charge in [0.05, 0.1) is 25.8 Å². The number of aromatic nitrogens is 2. The first kappa shape index (κ1) is 17.2. The highest BCUT2D eigenvalue weighted by molar-refractivity contribution is 5.74. The number of carbonyl (C=O) groups is 1. The lowest BCUT2D eigenvalue weighted by molar-refractivity contribution is -0.0237. The number of hydrogen-bond acceptors (Lipinski definition) is 4. The predicted octanol–water partition coefficient (Wildman–Crippen LogP) is 1.17. The zero-order valence-electron chi connectivity index (χ0n) is 14.6. The molecular formula is C17H29N5O2. The van der Waals surface area contributed by atoms with Gasteiger partial charge in [-0.25, -0.2) is 4.79 Å². The van der Waals surface area contributed by atoms with Crippen LogP contribution >= 0.6 is 0 Å². The summed E-state index contributed by atoms with van der Waals surface area (Å²) < 4.78 is 7.60. The van der Waals surface area contributed by atoms with Crippen molar-refractivity contribution in [1.29, 1.82) is 0 Å². The summed E-state index contributed by atoms with van der Waals surface area (Å²) in [5.74, 6) is 0. The Morgan fingerprint density at radius 1 is 1.42 bits per heavy atom. The molecule has 2 aliphatic rings. The fraction of sp³-hybridized carbons (Fsp3) is 0.765. The second kappa shape index (κ2) is 8.48. The van der Waals surface area contributed by atoms with Gasteiger partial charge in [-0.1, -0.05) is 12.8 Å². The third-order valence-electron chi connectivity index (χ3n) is 5.06. The average Bonchev–Trinajstić information content (AvgIpc) is 3.28. The Bertz CT molecular complexity index is 501. The van der Waals surface area contributed by atoms with Crippen LogP contribution in [-0.4, -0.2) is 77.6 Å². The molecule has 0 unspecified atom stereocenters. The van der Waals surface area contributed by atoms with E-state index >= 15 is 0 Å². The van der Waals surface area contributed by atoms with Crippen molar-refractivity contribution in [3.63, 3.8) is 0 Å². The summed E-state index contributed by atoms with van der Waals surface area (Å²) in [6.07, 6.45) is 8.95. The van der Waals surface area contributed by atoms with Crippen molar-refractivity contribution in [3.05, 3.63) is 18.5 Å². The van der Waals surface area contributed by atoms with Crippen molar-refractivity contribution in [2.75, 3.05) is 39.8 Å². The zero-order valence-corrected chi connectivity index (χ0v) is 14.6. The molecule has 1 aliphatic carbocycles. The number of nitrogens with zero attached hydrogens (tertiary/aromatic N) is 4. The first-order valence-electron chi connectivity index (χ1n) is 9.04. The Morgan fingerprint density at radius 2 is 2.25 bits per heavy atom. The number of rotatable bonds is 6. The molecule has 7 heteroatoms. The number of urea groups is 1. The van der Waals surface area contributed by atoms with Gasteiger partial charge in [-0.15, -0.1) is 0 Å². The summed E-state index contributed by atoms with van der Waals surface area (Å²) in [4.78, 5) is 16.6. The van der Waals surface area contributed by atoms with Crippen LogP contribution in [0, 0.1) is 0 Å². The molecule has 1 aliphatic heterocycles. The normalized spacial score (nSPS) is 22.2.